The predicted octanol–water partition coefficient (Wildman–Crippen LogP) is 3.08. The van der Waals surface area contributed by atoms with Gasteiger partial charge in [0.05, 0.1) is 5.92 Å². The molecule has 1 saturated heterocycles. The summed E-state index contributed by atoms with van der Waals surface area (Å²) in [6.07, 6.45) is 1.32. The van der Waals surface area contributed by atoms with Crippen LogP contribution in [0.5, 0.6) is 11.5 Å². The first-order valence-electron chi connectivity index (χ1n) is 9.06. The van der Waals surface area contributed by atoms with Gasteiger partial charge in [-0.1, -0.05) is 24.3 Å². The highest BCUT2D eigenvalue weighted by Crippen LogP contribution is 2.21. The number of nitrogens with zero attached hydrogens (tertiary/aromatic N) is 1. The van der Waals surface area contributed by atoms with E-state index in [0.29, 0.717) is 43.9 Å². The predicted molar refractivity (Wildman–Crippen MR) is 100 cm³/mol. The fourth-order valence-corrected chi connectivity index (χ4v) is 3.10. The molecule has 2 aromatic rings. The minimum atomic E-state index is -0.844. The number of carbonyl (C=O) groups excluding carboxylic acids is 1. The minimum absolute atomic E-state index is 0.160. The highest BCUT2D eigenvalue weighted by Gasteiger charge is 2.28. The van der Waals surface area contributed by atoms with Crippen LogP contribution >= 0.6 is 0 Å². The van der Waals surface area contributed by atoms with E-state index in [1.54, 1.807) is 29.2 Å². The molecule has 0 radical (unpaired) electrons. The molecule has 27 heavy (non-hydrogen) atoms. The van der Waals surface area contributed by atoms with Gasteiger partial charge in [0.15, 0.2) is 0 Å². The van der Waals surface area contributed by atoms with Crippen molar-refractivity contribution in [3.05, 3.63) is 60.2 Å². The zero-order chi connectivity index (χ0) is 19.1. The molecule has 1 N–H and O–H groups in total. The van der Waals surface area contributed by atoms with E-state index in [1.807, 2.05) is 30.3 Å². The Morgan fingerprint density at radius 1 is 1.00 bits per heavy atom. The molecule has 1 aliphatic heterocycles. The Labute approximate surface area is 158 Å². The number of hydrogen-bond donors (Lipinski definition) is 1. The van der Waals surface area contributed by atoms with Crippen molar-refractivity contribution in [3.63, 3.8) is 0 Å². The zero-order valence-electron chi connectivity index (χ0n) is 15.0. The number of carbonyl (C=O) groups is 2. The Balaban J connectivity index is 1.53. The summed E-state index contributed by atoms with van der Waals surface area (Å²) in [7, 11) is 0. The number of aliphatic carboxylic acids is 1. The Kier molecular flexibility index (Phi) is 6.30. The summed E-state index contributed by atoms with van der Waals surface area (Å²) in [6.45, 7) is 1.59. The maximum atomic E-state index is 12.7. The average molecular weight is 369 g/mol. The summed E-state index contributed by atoms with van der Waals surface area (Å²) < 4.78 is 11.3. The van der Waals surface area contributed by atoms with E-state index in [4.69, 9.17) is 9.47 Å². The summed E-state index contributed by atoms with van der Waals surface area (Å²) in [4.78, 5) is 25.5. The fraction of sp³-hybridized carbons (Fsp3) is 0.333. The van der Waals surface area contributed by atoms with Crippen LogP contribution in [0.25, 0.3) is 0 Å². The molecule has 1 atom stereocenters. The SMILES string of the molecule is O=C(O)C1CCCN(C(=O)c2cccc(OCCOc3ccccc3)c2)C1. The summed E-state index contributed by atoms with van der Waals surface area (Å²) in [6, 6.07) is 16.4. The Morgan fingerprint density at radius 2 is 1.70 bits per heavy atom. The van der Waals surface area contributed by atoms with Crippen LogP contribution in [-0.4, -0.2) is 48.2 Å². The third kappa shape index (κ3) is 5.23. The lowest BCUT2D eigenvalue weighted by atomic mass is 9.97. The van der Waals surface area contributed by atoms with Gasteiger partial charge < -0.3 is 19.5 Å². The van der Waals surface area contributed by atoms with Crippen molar-refractivity contribution >= 4 is 11.9 Å². The van der Waals surface area contributed by atoms with E-state index in [2.05, 4.69) is 0 Å². The zero-order valence-corrected chi connectivity index (χ0v) is 15.0. The average Bonchev–Trinajstić information content (AvgIpc) is 2.72. The quantitative estimate of drug-likeness (QED) is 0.759. The first-order chi connectivity index (χ1) is 13.1. The van der Waals surface area contributed by atoms with Crippen molar-refractivity contribution in [1.29, 1.82) is 0 Å². The number of amides is 1. The van der Waals surface area contributed by atoms with Crippen LogP contribution in [0.1, 0.15) is 23.2 Å². The molecule has 6 nitrogen and oxygen atoms in total. The smallest absolute Gasteiger partial charge is 0.308 e. The number of carboxylic acid groups (broad SMARTS) is 1. The van der Waals surface area contributed by atoms with Crippen molar-refractivity contribution in [2.45, 2.75) is 12.8 Å². The lowest BCUT2D eigenvalue weighted by Crippen LogP contribution is -2.42. The summed E-state index contributed by atoms with van der Waals surface area (Å²) >= 11 is 0. The minimum Gasteiger partial charge on any atom is -0.490 e. The summed E-state index contributed by atoms with van der Waals surface area (Å²) in [5, 5.41) is 9.19. The molecule has 0 saturated carbocycles. The second-order valence-electron chi connectivity index (χ2n) is 6.47. The van der Waals surface area contributed by atoms with Crippen molar-refractivity contribution in [3.8, 4) is 11.5 Å². The van der Waals surface area contributed by atoms with Crippen LogP contribution < -0.4 is 9.47 Å². The molecular weight excluding hydrogens is 346 g/mol. The topological polar surface area (TPSA) is 76.1 Å². The van der Waals surface area contributed by atoms with E-state index >= 15 is 0 Å². The highest BCUT2D eigenvalue weighted by atomic mass is 16.5. The summed E-state index contributed by atoms with van der Waals surface area (Å²) in [5.74, 6) is -0.125. The highest BCUT2D eigenvalue weighted by molar-refractivity contribution is 5.95. The lowest BCUT2D eigenvalue weighted by Gasteiger charge is -2.30. The van der Waals surface area contributed by atoms with E-state index in [9.17, 15) is 14.7 Å². The van der Waals surface area contributed by atoms with Crippen molar-refractivity contribution < 1.29 is 24.2 Å². The van der Waals surface area contributed by atoms with Gasteiger partial charge in [-0.2, -0.15) is 0 Å². The van der Waals surface area contributed by atoms with Gasteiger partial charge in [0.25, 0.3) is 5.91 Å². The molecular formula is C21H23NO5. The van der Waals surface area contributed by atoms with Gasteiger partial charge in [-0.15, -0.1) is 0 Å². The largest absolute Gasteiger partial charge is 0.490 e. The Morgan fingerprint density at radius 3 is 2.44 bits per heavy atom. The third-order valence-corrected chi connectivity index (χ3v) is 4.50. The Hall–Kier alpha value is -3.02. The molecule has 1 heterocycles. The second kappa shape index (κ2) is 9.07. The normalized spacial score (nSPS) is 16.6. The molecule has 3 rings (SSSR count). The molecule has 2 aromatic carbocycles. The van der Waals surface area contributed by atoms with Crippen LogP contribution in [-0.2, 0) is 4.79 Å². The van der Waals surface area contributed by atoms with E-state index in [0.717, 1.165) is 5.75 Å². The number of carboxylic acids is 1. The van der Waals surface area contributed by atoms with Crippen molar-refractivity contribution in [2.75, 3.05) is 26.3 Å². The van der Waals surface area contributed by atoms with Gasteiger partial charge in [0, 0.05) is 18.7 Å². The van der Waals surface area contributed by atoms with Crippen LogP contribution in [0.3, 0.4) is 0 Å². The molecule has 6 heteroatoms. The van der Waals surface area contributed by atoms with Crippen LogP contribution in [0.2, 0.25) is 0 Å². The second-order valence-corrected chi connectivity index (χ2v) is 6.47. The molecule has 0 spiro atoms. The van der Waals surface area contributed by atoms with Gasteiger partial charge in [0.1, 0.15) is 24.7 Å². The molecule has 0 aromatic heterocycles. The molecule has 142 valence electrons. The van der Waals surface area contributed by atoms with Crippen LogP contribution in [0, 0.1) is 5.92 Å². The monoisotopic (exact) mass is 369 g/mol. The molecule has 0 aliphatic carbocycles. The fourth-order valence-electron chi connectivity index (χ4n) is 3.10. The molecule has 1 fully saturated rings. The van der Waals surface area contributed by atoms with E-state index in [-0.39, 0.29) is 12.5 Å². The standard InChI is InChI=1S/C21H23NO5/c23-20(22-11-5-7-17(15-22)21(24)25)16-6-4-10-19(14-16)27-13-12-26-18-8-2-1-3-9-18/h1-4,6,8-10,14,17H,5,7,11-13,15H2,(H,24,25). The van der Waals surface area contributed by atoms with Gasteiger partial charge in [-0.05, 0) is 43.2 Å². The number of likely N-dealkylation sites (tertiary alicyclic amines) is 1. The molecule has 0 bridgehead atoms. The number of hydrogen-bond acceptors (Lipinski definition) is 4. The van der Waals surface area contributed by atoms with Gasteiger partial charge in [-0.3, -0.25) is 9.59 Å². The maximum absolute atomic E-state index is 12.7. The van der Waals surface area contributed by atoms with Crippen LogP contribution in [0.15, 0.2) is 54.6 Å². The number of piperidine rings is 1. The van der Waals surface area contributed by atoms with E-state index in [1.165, 1.54) is 0 Å². The molecule has 1 aliphatic rings. The Bertz CT molecular complexity index is 777. The molecule has 1 unspecified atom stereocenters. The number of para-hydroxylation sites is 1. The van der Waals surface area contributed by atoms with E-state index < -0.39 is 11.9 Å². The lowest BCUT2D eigenvalue weighted by molar-refractivity contribution is -0.143. The summed E-state index contributed by atoms with van der Waals surface area (Å²) in [5.41, 5.74) is 0.502. The van der Waals surface area contributed by atoms with Crippen molar-refractivity contribution in [1.82, 2.24) is 4.90 Å². The third-order valence-electron chi connectivity index (χ3n) is 4.50. The first-order valence-corrected chi connectivity index (χ1v) is 9.06. The number of ether oxygens (including phenoxy) is 2. The van der Waals surface area contributed by atoms with Gasteiger partial charge >= 0.3 is 5.97 Å². The van der Waals surface area contributed by atoms with Crippen LogP contribution in [0.4, 0.5) is 0 Å². The van der Waals surface area contributed by atoms with Gasteiger partial charge in [-0.25, -0.2) is 0 Å². The maximum Gasteiger partial charge on any atom is 0.308 e. The number of rotatable bonds is 7. The number of benzene rings is 2. The first kappa shape index (κ1) is 18.8. The van der Waals surface area contributed by atoms with Crippen molar-refractivity contribution in [2.24, 2.45) is 5.92 Å². The van der Waals surface area contributed by atoms with Gasteiger partial charge in [0.2, 0.25) is 0 Å². The molecule has 1 amide bonds.